The number of amides is 1. The Bertz CT molecular complexity index is 656. The summed E-state index contributed by atoms with van der Waals surface area (Å²) in [5.41, 5.74) is 2.62. The van der Waals surface area contributed by atoms with Crippen LogP contribution in [-0.4, -0.2) is 54.7 Å². The van der Waals surface area contributed by atoms with Crippen molar-refractivity contribution < 1.29 is 9.90 Å². The van der Waals surface area contributed by atoms with Crippen LogP contribution < -0.4 is 10.6 Å². The number of aliphatic hydroxyl groups excluding tert-OH is 1. The van der Waals surface area contributed by atoms with E-state index in [0.717, 1.165) is 45.3 Å². The number of carbonyl (C=O) groups excluding carboxylic acids is 1. The zero-order valence-corrected chi connectivity index (χ0v) is 17.6. The highest BCUT2D eigenvalue weighted by molar-refractivity contribution is 5.85. The maximum atomic E-state index is 12.7. The molecule has 0 fully saturated rings. The molecule has 2 rings (SSSR count). The minimum Gasteiger partial charge on any atom is -0.396 e. The van der Waals surface area contributed by atoms with Crippen molar-refractivity contribution in [3.8, 4) is 0 Å². The number of carbonyl (C=O) groups is 1. The first-order valence-electron chi connectivity index (χ1n) is 10.5. The van der Waals surface area contributed by atoms with Gasteiger partial charge in [0.15, 0.2) is 5.96 Å². The van der Waals surface area contributed by atoms with E-state index < -0.39 is 0 Å². The van der Waals surface area contributed by atoms with Crippen LogP contribution in [0.25, 0.3) is 0 Å². The molecule has 6 nitrogen and oxygen atoms in total. The lowest BCUT2D eigenvalue weighted by molar-refractivity contribution is -0.130. The number of guanidine groups is 1. The van der Waals surface area contributed by atoms with Crippen LogP contribution in [-0.2, 0) is 17.8 Å². The molecule has 1 heterocycles. The third-order valence-electron chi connectivity index (χ3n) is 5.97. The van der Waals surface area contributed by atoms with Crippen molar-refractivity contribution in [3.63, 3.8) is 0 Å². The van der Waals surface area contributed by atoms with Crippen LogP contribution in [0.2, 0.25) is 0 Å². The predicted octanol–water partition coefficient (Wildman–Crippen LogP) is 2.32. The molecule has 0 aliphatic carbocycles. The normalized spacial score (nSPS) is 14.6. The Morgan fingerprint density at radius 1 is 1.18 bits per heavy atom. The summed E-state index contributed by atoms with van der Waals surface area (Å²) in [6, 6.07) is 8.32. The van der Waals surface area contributed by atoms with Crippen LogP contribution >= 0.6 is 0 Å². The van der Waals surface area contributed by atoms with Crippen molar-refractivity contribution in [2.24, 2.45) is 10.4 Å². The molecule has 1 aromatic carbocycles. The summed E-state index contributed by atoms with van der Waals surface area (Å²) in [5.74, 6) is 0.719. The maximum absolute atomic E-state index is 12.7. The largest absolute Gasteiger partial charge is 0.396 e. The fraction of sp³-hybridized carbons (Fsp3) is 0.636. The fourth-order valence-electron chi connectivity index (χ4n) is 3.75. The molecule has 6 heteroatoms. The molecule has 28 heavy (non-hydrogen) atoms. The maximum Gasteiger partial charge on any atom is 0.244 e. The Morgan fingerprint density at radius 3 is 2.54 bits per heavy atom. The number of hydrogen-bond acceptors (Lipinski definition) is 3. The quantitative estimate of drug-likeness (QED) is 0.448. The molecular formula is C22H36N4O2. The highest BCUT2D eigenvalue weighted by atomic mass is 16.3. The molecule has 156 valence electrons. The summed E-state index contributed by atoms with van der Waals surface area (Å²) in [4.78, 5) is 19.1. The first kappa shape index (κ1) is 22.2. The molecule has 0 atom stereocenters. The molecule has 0 saturated carbocycles. The summed E-state index contributed by atoms with van der Waals surface area (Å²) in [6.07, 6.45) is 3.64. The van der Waals surface area contributed by atoms with Crippen molar-refractivity contribution in [1.29, 1.82) is 0 Å². The molecule has 0 aromatic heterocycles. The summed E-state index contributed by atoms with van der Waals surface area (Å²) >= 11 is 0. The second-order valence-corrected chi connectivity index (χ2v) is 7.56. The lowest BCUT2D eigenvalue weighted by Gasteiger charge is -2.32. The minimum absolute atomic E-state index is 0.0472. The molecule has 0 unspecified atom stereocenters. The SMILES string of the molecule is CCNC(=NCC(=O)N1CCc2ccccc2C1)NCC(CC)(CC)CCO. The van der Waals surface area contributed by atoms with E-state index in [2.05, 4.69) is 47.7 Å². The van der Waals surface area contributed by atoms with E-state index in [-0.39, 0.29) is 24.5 Å². The molecule has 0 spiro atoms. The van der Waals surface area contributed by atoms with Crippen LogP contribution in [0.3, 0.4) is 0 Å². The molecular weight excluding hydrogens is 352 g/mol. The molecule has 1 aliphatic rings. The van der Waals surface area contributed by atoms with Gasteiger partial charge in [-0.3, -0.25) is 4.79 Å². The Hall–Kier alpha value is -2.08. The summed E-state index contributed by atoms with van der Waals surface area (Å²) in [6.45, 7) is 9.54. The van der Waals surface area contributed by atoms with E-state index in [1.807, 2.05) is 17.9 Å². The van der Waals surface area contributed by atoms with Gasteiger partial charge in [0.05, 0.1) is 0 Å². The Balaban J connectivity index is 1.95. The van der Waals surface area contributed by atoms with Crippen molar-refractivity contribution in [1.82, 2.24) is 15.5 Å². The van der Waals surface area contributed by atoms with Gasteiger partial charge in [-0.15, -0.1) is 0 Å². The molecule has 1 aliphatic heterocycles. The average Bonchev–Trinajstić information content (AvgIpc) is 2.74. The Kier molecular flexibility index (Phi) is 8.77. The molecule has 1 aromatic rings. The van der Waals surface area contributed by atoms with E-state index in [0.29, 0.717) is 12.5 Å². The van der Waals surface area contributed by atoms with Gasteiger partial charge in [0.2, 0.25) is 5.91 Å². The smallest absolute Gasteiger partial charge is 0.244 e. The van der Waals surface area contributed by atoms with Gasteiger partial charge in [-0.05, 0) is 49.1 Å². The van der Waals surface area contributed by atoms with Gasteiger partial charge in [0, 0.05) is 32.8 Å². The number of aliphatic imine (C=N–C) groups is 1. The first-order chi connectivity index (χ1) is 13.6. The second-order valence-electron chi connectivity index (χ2n) is 7.56. The van der Waals surface area contributed by atoms with Gasteiger partial charge >= 0.3 is 0 Å². The highest BCUT2D eigenvalue weighted by Gasteiger charge is 2.26. The van der Waals surface area contributed by atoms with E-state index in [9.17, 15) is 9.90 Å². The van der Waals surface area contributed by atoms with E-state index in [4.69, 9.17) is 0 Å². The Morgan fingerprint density at radius 2 is 1.89 bits per heavy atom. The summed E-state index contributed by atoms with van der Waals surface area (Å²) in [5, 5.41) is 16.0. The second kappa shape index (κ2) is 11.1. The van der Waals surface area contributed by atoms with E-state index >= 15 is 0 Å². The van der Waals surface area contributed by atoms with Gasteiger partial charge in [-0.25, -0.2) is 4.99 Å². The number of nitrogens with one attached hydrogen (secondary N) is 2. The summed E-state index contributed by atoms with van der Waals surface area (Å²) < 4.78 is 0. The third-order valence-corrected chi connectivity index (χ3v) is 5.97. The number of nitrogens with zero attached hydrogens (tertiary/aromatic N) is 2. The van der Waals surface area contributed by atoms with Gasteiger partial charge < -0.3 is 20.6 Å². The standard InChI is InChI=1S/C22H36N4O2/c1-4-22(5-2,12-14-27)17-25-21(23-6-3)24-15-20(28)26-13-11-18-9-7-8-10-19(18)16-26/h7-10,27H,4-6,11-17H2,1-3H3,(H2,23,24,25). The average molecular weight is 389 g/mol. The monoisotopic (exact) mass is 388 g/mol. The van der Waals surface area contributed by atoms with Gasteiger partial charge in [-0.2, -0.15) is 0 Å². The van der Waals surface area contributed by atoms with E-state index in [1.54, 1.807) is 0 Å². The lowest BCUT2D eigenvalue weighted by Crippen LogP contribution is -2.44. The number of rotatable bonds is 9. The zero-order chi connectivity index (χ0) is 20.4. The third kappa shape index (κ3) is 5.96. The number of fused-ring (bicyclic) bond motifs is 1. The summed E-state index contributed by atoms with van der Waals surface area (Å²) in [7, 11) is 0. The van der Waals surface area contributed by atoms with Crippen molar-refractivity contribution in [3.05, 3.63) is 35.4 Å². The van der Waals surface area contributed by atoms with Gasteiger partial charge in [0.1, 0.15) is 6.54 Å². The van der Waals surface area contributed by atoms with Crippen molar-refractivity contribution >= 4 is 11.9 Å². The molecule has 0 saturated heterocycles. The highest BCUT2D eigenvalue weighted by Crippen LogP contribution is 2.29. The van der Waals surface area contributed by atoms with Crippen LogP contribution in [0.1, 0.15) is 51.2 Å². The minimum atomic E-state index is 0.0472. The molecule has 0 radical (unpaired) electrons. The molecule has 0 bridgehead atoms. The lowest BCUT2D eigenvalue weighted by atomic mass is 9.79. The topological polar surface area (TPSA) is 77.0 Å². The molecule has 1 amide bonds. The Labute approximate surface area is 169 Å². The van der Waals surface area contributed by atoms with Crippen molar-refractivity contribution in [2.75, 3.05) is 32.8 Å². The first-order valence-corrected chi connectivity index (χ1v) is 10.5. The number of aliphatic hydroxyl groups is 1. The van der Waals surface area contributed by atoms with E-state index in [1.165, 1.54) is 11.1 Å². The van der Waals surface area contributed by atoms with Crippen LogP contribution in [0.5, 0.6) is 0 Å². The fourth-order valence-corrected chi connectivity index (χ4v) is 3.75. The van der Waals surface area contributed by atoms with Gasteiger partial charge in [0.25, 0.3) is 0 Å². The predicted molar refractivity (Wildman–Crippen MR) is 114 cm³/mol. The van der Waals surface area contributed by atoms with Gasteiger partial charge in [-0.1, -0.05) is 38.1 Å². The van der Waals surface area contributed by atoms with Crippen LogP contribution in [0, 0.1) is 5.41 Å². The number of benzene rings is 1. The van der Waals surface area contributed by atoms with Crippen molar-refractivity contribution in [2.45, 2.75) is 53.0 Å². The van der Waals surface area contributed by atoms with Crippen LogP contribution in [0.4, 0.5) is 0 Å². The molecule has 3 N–H and O–H groups in total. The number of hydrogen-bond donors (Lipinski definition) is 3. The zero-order valence-electron chi connectivity index (χ0n) is 17.6. The van der Waals surface area contributed by atoms with Crippen LogP contribution in [0.15, 0.2) is 29.3 Å².